The highest BCUT2D eigenvalue weighted by atomic mass is 35.5. The first-order valence-electron chi connectivity index (χ1n) is 12.6. The molecule has 0 spiro atoms. The molecular formula is C27H34Cl2N2O8S2. The van der Waals surface area contributed by atoms with Gasteiger partial charge in [0.25, 0.3) is 0 Å². The van der Waals surface area contributed by atoms with Gasteiger partial charge in [-0.15, -0.1) is 0 Å². The van der Waals surface area contributed by atoms with Crippen LogP contribution >= 0.6 is 23.2 Å². The Balaban J connectivity index is 0.000000345. The summed E-state index contributed by atoms with van der Waals surface area (Å²) in [7, 11) is -1.15. The molecule has 226 valence electrons. The fourth-order valence-electron chi connectivity index (χ4n) is 4.03. The van der Waals surface area contributed by atoms with Gasteiger partial charge in [-0.1, -0.05) is 48.2 Å². The van der Waals surface area contributed by atoms with E-state index in [1.807, 2.05) is 19.1 Å². The number of hydrogen-bond donors (Lipinski definition) is 0. The van der Waals surface area contributed by atoms with Gasteiger partial charge in [0, 0.05) is 23.0 Å². The van der Waals surface area contributed by atoms with Crippen molar-refractivity contribution in [3.05, 3.63) is 45.9 Å². The van der Waals surface area contributed by atoms with E-state index in [1.165, 1.54) is 0 Å². The molecule has 2 fully saturated rings. The van der Waals surface area contributed by atoms with Gasteiger partial charge >= 0.3 is 12.3 Å². The zero-order valence-electron chi connectivity index (χ0n) is 23.2. The lowest BCUT2D eigenvalue weighted by Gasteiger charge is -2.17. The molecule has 0 aromatic heterocycles. The third-order valence-electron chi connectivity index (χ3n) is 6.03. The molecule has 0 saturated carbocycles. The monoisotopic (exact) mass is 648 g/mol. The number of nitrogens with zero attached hydrogens (tertiary/aromatic N) is 2. The fourth-order valence-corrected chi connectivity index (χ4v) is 8.97. The highest BCUT2D eigenvalue weighted by molar-refractivity contribution is 7.94. The molecule has 10 nitrogen and oxygen atoms in total. The number of carbonyl (C=O) groups excluding carboxylic acids is 4. The second kappa shape index (κ2) is 18.7. The summed E-state index contributed by atoms with van der Waals surface area (Å²) in [4.78, 5) is 32.5. The summed E-state index contributed by atoms with van der Waals surface area (Å²) < 4.78 is 44.5. The minimum absolute atomic E-state index is 0.250. The van der Waals surface area contributed by atoms with E-state index >= 15 is 0 Å². The first kappa shape index (κ1) is 36.3. The summed E-state index contributed by atoms with van der Waals surface area (Å²) in [5.41, 5.74) is 2.00. The summed E-state index contributed by atoms with van der Waals surface area (Å²) in [5, 5.41) is 1.04. The lowest BCUT2D eigenvalue weighted by atomic mass is 10.2. The van der Waals surface area contributed by atoms with Crippen molar-refractivity contribution in [3.63, 3.8) is 0 Å². The predicted octanol–water partition coefficient (Wildman–Crippen LogP) is 6.41. The number of benzene rings is 2. The topological polar surface area (TPSA) is 146 Å². The maximum atomic E-state index is 12.6. The molecule has 2 aromatic carbocycles. The Hall–Kier alpha value is -2.72. The smallest absolute Gasteiger partial charge is 0.373 e. The van der Waals surface area contributed by atoms with Gasteiger partial charge in [0.2, 0.25) is 0 Å². The zero-order valence-corrected chi connectivity index (χ0v) is 26.3. The predicted molar refractivity (Wildman–Crippen MR) is 158 cm³/mol. The van der Waals surface area contributed by atoms with Gasteiger partial charge in [0.15, 0.2) is 0 Å². The second-order valence-electron chi connectivity index (χ2n) is 8.87. The van der Waals surface area contributed by atoms with Gasteiger partial charge in [-0.25, -0.2) is 8.42 Å². The lowest BCUT2D eigenvalue weighted by Crippen LogP contribution is -2.15. The van der Waals surface area contributed by atoms with Gasteiger partial charge in [-0.2, -0.15) is 27.9 Å². The number of halogens is 2. The molecule has 2 saturated heterocycles. The van der Waals surface area contributed by atoms with Crippen molar-refractivity contribution in [2.45, 2.75) is 45.4 Å². The van der Waals surface area contributed by atoms with E-state index in [2.05, 4.69) is 8.73 Å². The van der Waals surface area contributed by atoms with Gasteiger partial charge < -0.3 is 9.47 Å². The van der Waals surface area contributed by atoms with Crippen molar-refractivity contribution in [1.29, 1.82) is 0 Å². The maximum absolute atomic E-state index is 12.6. The molecule has 0 amide bonds. The van der Waals surface area contributed by atoms with E-state index in [4.69, 9.17) is 51.9 Å². The van der Waals surface area contributed by atoms with Gasteiger partial charge in [-0.05, 0) is 56.4 Å². The summed E-state index contributed by atoms with van der Waals surface area (Å²) >= 11 is 12.3. The number of rotatable bonds is 4. The van der Waals surface area contributed by atoms with E-state index in [0.717, 1.165) is 44.1 Å². The van der Waals surface area contributed by atoms with Crippen molar-refractivity contribution >= 4 is 66.3 Å². The molecule has 2 heterocycles. The highest BCUT2D eigenvalue weighted by Gasteiger charge is 2.19. The first-order chi connectivity index (χ1) is 19.5. The van der Waals surface area contributed by atoms with Crippen molar-refractivity contribution in [1.82, 2.24) is 0 Å². The van der Waals surface area contributed by atoms with E-state index in [0.29, 0.717) is 55.9 Å². The van der Waals surface area contributed by atoms with Crippen LogP contribution in [0.15, 0.2) is 39.1 Å². The number of hydrogen-bond acceptors (Lipinski definition) is 10. The van der Waals surface area contributed by atoms with Crippen molar-refractivity contribution in [3.8, 4) is 11.5 Å². The van der Waals surface area contributed by atoms with Crippen LogP contribution in [0.25, 0.3) is 0 Å². The van der Waals surface area contributed by atoms with E-state index < -0.39 is 19.5 Å². The van der Waals surface area contributed by atoms with Crippen LogP contribution in [0.2, 0.25) is 10.0 Å². The summed E-state index contributed by atoms with van der Waals surface area (Å²) in [6, 6.07) is 9.04. The van der Waals surface area contributed by atoms with Crippen molar-refractivity contribution in [2.24, 2.45) is 8.73 Å². The van der Waals surface area contributed by atoms with Crippen LogP contribution in [0, 0.1) is 6.92 Å². The van der Waals surface area contributed by atoms with E-state index in [-0.39, 0.29) is 12.3 Å². The molecule has 4 rings (SSSR count). The Labute approximate surface area is 251 Å². The van der Waals surface area contributed by atoms with Crippen LogP contribution in [0.1, 0.15) is 44.1 Å². The normalized spacial score (nSPS) is 16.2. The molecule has 0 unspecified atom stereocenters. The van der Waals surface area contributed by atoms with Gasteiger partial charge in [-0.3, -0.25) is 0 Å². The average molecular weight is 650 g/mol. The largest absolute Gasteiger partial charge is 0.494 e. The van der Waals surface area contributed by atoms with E-state index in [1.54, 1.807) is 32.4 Å². The third-order valence-corrected chi connectivity index (χ3v) is 11.5. The van der Waals surface area contributed by atoms with E-state index in [9.17, 15) is 8.42 Å². The highest BCUT2D eigenvalue weighted by Crippen LogP contribution is 2.39. The summed E-state index contributed by atoms with van der Waals surface area (Å²) in [6.45, 7) is 1.91. The summed E-state index contributed by atoms with van der Waals surface area (Å²) in [5.74, 6) is 3.86. The number of methoxy groups -OCH3 is 2. The second-order valence-corrected chi connectivity index (χ2v) is 14.7. The summed E-state index contributed by atoms with van der Waals surface area (Å²) in [6.07, 6.45) is 6.71. The minimum Gasteiger partial charge on any atom is -0.494 e. The SMILES string of the molecule is COc1ccc(C)c(Cl)c1N=S1(=O)CCCCC1.COc1cccc(Cl)c1N=S1(=O)CCCCC1.O=C=O.O=C=O. The van der Waals surface area contributed by atoms with Crippen LogP contribution in [0.3, 0.4) is 0 Å². The maximum Gasteiger partial charge on any atom is 0.373 e. The molecule has 0 bridgehead atoms. The number of ether oxygens (including phenoxy) is 2. The Morgan fingerprint density at radius 1 is 0.683 bits per heavy atom. The Morgan fingerprint density at radius 2 is 1.10 bits per heavy atom. The van der Waals surface area contributed by atoms with Crippen molar-refractivity contribution < 1.29 is 37.1 Å². The quantitative estimate of drug-likeness (QED) is 0.370. The zero-order chi connectivity index (χ0) is 30.9. The van der Waals surface area contributed by atoms with Crippen LogP contribution in [0.4, 0.5) is 11.4 Å². The van der Waals surface area contributed by atoms with Gasteiger partial charge in [0.05, 0.1) is 43.7 Å². The molecule has 2 aliphatic heterocycles. The van der Waals surface area contributed by atoms with Gasteiger partial charge in [0.1, 0.15) is 22.9 Å². The molecule has 41 heavy (non-hydrogen) atoms. The standard InChI is InChI=1S/C13H18ClNO2S.C12H16ClNO2S.2CO2/c1-10-6-7-11(17-2)13(12(10)14)15-18(16)8-4-3-5-9-18;1-16-11-7-5-6-10(13)12(11)14-17(15)8-3-2-4-9-17;2*2-1-3/h6-7H,3-5,8-9H2,1-2H3;5-7H,2-4,8-9H2,1H3;;. The molecule has 0 atom stereocenters. The minimum atomic E-state index is -2.15. The van der Waals surface area contributed by atoms with Crippen LogP contribution < -0.4 is 9.47 Å². The number of aryl methyl sites for hydroxylation is 1. The van der Waals surface area contributed by atoms with Crippen LogP contribution in [-0.2, 0) is 38.6 Å². The lowest BCUT2D eigenvalue weighted by molar-refractivity contribution is -0.193. The molecule has 0 radical (unpaired) electrons. The average Bonchev–Trinajstić information content (AvgIpc) is 2.94. The fraction of sp³-hybridized carbons (Fsp3) is 0.481. The first-order valence-corrected chi connectivity index (χ1v) is 17.1. The Kier molecular flexibility index (Phi) is 16.5. The third kappa shape index (κ3) is 12.0. The Bertz CT molecular complexity index is 1430. The molecule has 2 aliphatic rings. The molecule has 2 aromatic rings. The Morgan fingerprint density at radius 3 is 1.54 bits per heavy atom. The molecule has 0 aliphatic carbocycles. The van der Waals surface area contributed by atoms with Crippen molar-refractivity contribution in [2.75, 3.05) is 37.2 Å². The van der Waals surface area contributed by atoms with Crippen LogP contribution in [0.5, 0.6) is 11.5 Å². The molecule has 14 heteroatoms. The molecule has 0 N–H and O–H groups in total. The van der Waals surface area contributed by atoms with Crippen LogP contribution in [-0.4, -0.2) is 58.0 Å². The molecular weight excluding hydrogens is 615 g/mol.